The molecule has 0 spiro atoms. The lowest BCUT2D eigenvalue weighted by Gasteiger charge is -2.33. The van der Waals surface area contributed by atoms with Gasteiger partial charge in [-0.15, -0.1) is 5.10 Å². The minimum absolute atomic E-state index is 0.00787. The zero-order chi connectivity index (χ0) is 19.3. The van der Waals surface area contributed by atoms with Crippen molar-refractivity contribution < 1.29 is 14.4 Å². The van der Waals surface area contributed by atoms with Gasteiger partial charge < -0.3 is 14.5 Å². The number of quaternary nitrogens is 1. The van der Waals surface area contributed by atoms with Crippen LogP contribution in [-0.2, 0) is 11.3 Å². The van der Waals surface area contributed by atoms with Crippen LogP contribution in [0, 0.1) is 0 Å². The number of benzene rings is 2. The average molecular weight is 377 g/mol. The lowest BCUT2D eigenvalue weighted by molar-refractivity contribution is -0.917. The van der Waals surface area contributed by atoms with E-state index in [1.54, 1.807) is 13.1 Å². The Labute approximate surface area is 164 Å². The molecule has 3 aromatic rings. The van der Waals surface area contributed by atoms with Crippen molar-refractivity contribution in [1.29, 1.82) is 0 Å². The lowest BCUT2D eigenvalue weighted by Crippen LogP contribution is -3.13. The maximum Gasteiger partial charge on any atom is 0.263 e. The maximum absolute atomic E-state index is 12.8. The lowest BCUT2D eigenvalue weighted by atomic mass is 10.2. The van der Waals surface area contributed by atoms with Crippen molar-refractivity contribution in [2.75, 3.05) is 26.2 Å². The fraction of sp³-hybridized carbons (Fsp3) is 0.318. The fourth-order valence-electron chi connectivity index (χ4n) is 3.67. The van der Waals surface area contributed by atoms with Crippen molar-refractivity contribution in [3.63, 3.8) is 0 Å². The summed E-state index contributed by atoms with van der Waals surface area (Å²) in [6.07, 6.45) is 1.11. The summed E-state index contributed by atoms with van der Waals surface area (Å²) in [6.45, 7) is 6.17. The number of hydrogen-bond donors (Lipinski definition) is 1. The predicted octanol–water partition coefficient (Wildman–Crippen LogP) is 1.32. The normalized spacial score (nSPS) is 16.1. The van der Waals surface area contributed by atoms with Crippen molar-refractivity contribution >= 4 is 16.7 Å². The molecule has 1 saturated heterocycles. The van der Waals surface area contributed by atoms with Gasteiger partial charge in [0.15, 0.2) is 6.10 Å². The van der Waals surface area contributed by atoms with Gasteiger partial charge in [0.25, 0.3) is 5.91 Å². The number of aromatic nitrogens is 2. The summed E-state index contributed by atoms with van der Waals surface area (Å²) >= 11 is 0. The van der Waals surface area contributed by atoms with Crippen LogP contribution in [0.4, 0.5) is 0 Å². The first-order chi connectivity index (χ1) is 13.7. The summed E-state index contributed by atoms with van der Waals surface area (Å²) in [7, 11) is 0. The summed E-state index contributed by atoms with van der Waals surface area (Å²) in [5.74, 6) is 0.417. The van der Waals surface area contributed by atoms with Crippen LogP contribution in [0.5, 0.6) is 5.88 Å². The second-order valence-corrected chi connectivity index (χ2v) is 7.23. The highest BCUT2D eigenvalue weighted by Gasteiger charge is 2.28. The highest BCUT2D eigenvalue weighted by molar-refractivity contribution is 5.86. The molecule has 0 bridgehead atoms. The first-order valence-corrected chi connectivity index (χ1v) is 9.74. The minimum Gasteiger partial charge on any atom is -0.463 e. The Morgan fingerprint density at radius 1 is 1.11 bits per heavy atom. The Morgan fingerprint density at radius 2 is 1.82 bits per heavy atom. The highest BCUT2D eigenvalue weighted by atomic mass is 16.5. The number of nitrogens with zero attached hydrogens (tertiary/aromatic N) is 3. The Hall–Kier alpha value is -2.99. The molecular formula is C22H25N4O2+. The number of fused-ring (bicyclic) bond motifs is 1. The van der Waals surface area contributed by atoms with Crippen LogP contribution in [0.1, 0.15) is 12.5 Å². The van der Waals surface area contributed by atoms with Gasteiger partial charge in [-0.3, -0.25) is 4.79 Å². The van der Waals surface area contributed by atoms with Crippen molar-refractivity contribution in [2.24, 2.45) is 0 Å². The molecule has 0 radical (unpaired) electrons. The maximum atomic E-state index is 12.8. The molecule has 4 rings (SSSR count). The van der Waals surface area contributed by atoms with Crippen LogP contribution in [-0.4, -0.2) is 53.3 Å². The Balaban J connectivity index is 1.34. The molecule has 1 amide bonds. The molecule has 1 aliphatic rings. The van der Waals surface area contributed by atoms with Crippen molar-refractivity contribution in [3.8, 4) is 5.88 Å². The quantitative estimate of drug-likeness (QED) is 0.729. The zero-order valence-corrected chi connectivity index (χ0v) is 16.0. The Bertz CT molecular complexity index is 934. The van der Waals surface area contributed by atoms with Gasteiger partial charge in [0.1, 0.15) is 6.54 Å². The van der Waals surface area contributed by atoms with E-state index < -0.39 is 6.10 Å². The fourth-order valence-corrected chi connectivity index (χ4v) is 3.67. The van der Waals surface area contributed by atoms with E-state index in [0.29, 0.717) is 5.88 Å². The number of carbonyl (C=O) groups is 1. The van der Waals surface area contributed by atoms with Gasteiger partial charge in [-0.2, -0.15) is 5.10 Å². The molecule has 1 fully saturated rings. The predicted molar refractivity (Wildman–Crippen MR) is 107 cm³/mol. The van der Waals surface area contributed by atoms with E-state index in [0.717, 1.165) is 43.5 Å². The molecule has 144 valence electrons. The number of piperazine rings is 1. The van der Waals surface area contributed by atoms with E-state index in [9.17, 15) is 4.79 Å². The van der Waals surface area contributed by atoms with E-state index >= 15 is 0 Å². The monoisotopic (exact) mass is 377 g/mol. The molecule has 1 aliphatic heterocycles. The van der Waals surface area contributed by atoms with Gasteiger partial charge in [-0.25, -0.2) is 0 Å². The van der Waals surface area contributed by atoms with Gasteiger partial charge in [-0.05, 0) is 13.0 Å². The second kappa shape index (κ2) is 8.35. The second-order valence-electron chi connectivity index (χ2n) is 7.23. The summed E-state index contributed by atoms with van der Waals surface area (Å²) in [5.41, 5.74) is 1.34. The third-order valence-corrected chi connectivity index (χ3v) is 5.25. The standard InChI is InChI=1S/C22H24N4O2/c1-17(28-21-20-10-6-5-9-19(20)15-23-24-21)22(27)26-13-11-25(12-14-26)16-18-7-3-2-4-8-18/h2-10,15,17H,11-14,16H2,1H3/p+1/t17-/m0/s1. The van der Waals surface area contributed by atoms with Crippen LogP contribution < -0.4 is 9.64 Å². The van der Waals surface area contributed by atoms with E-state index in [4.69, 9.17) is 4.74 Å². The molecule has 1 N–H and O–H groups in total. The molecule has 2 aromatic carbocycles. The number of carbonyl (C=O) groups excluding carboxylic acids is 1. The molecule has 1 atom stereocenters. The number of hydrogen-bond acceptors (Lipinski definition) is 4. The van der Waals surface area contributed by atoms with Gasteiger partial charge in [0, 0.05) is 16.3 Å². The van der Waals surface area contributed by atoms with E-state index in [-0.39, 0.29) is 5.91 Å². The number of nitrogens with one attached hydrogen (secondary N) is 1. The topological polar surface area (TPSA) is 59.8 Å². The molecule has 2 heterocycles. The third kappa shape index (κ3) is 4.12. The van der Waals surface area contributed by atoms with E-state index in [1.165, 1.54) is 10.5 Å². The van der Waals surface area contributed by atoms with Crippen LogP contribution in [0.2, 0.25) is 0 Å². The van der Waals surface area contributed by atoms with E-state index in [1.807, 2.05) is 35.2 Å². The van der Waals surface area contributed by atoms with Crippen molar-refractivity contribution in [1.82, 2.24) is 15.1 Å². The Morgan fingerprint density at radius 3 is 2.61 bits per heavy atom. The summed E-state index contributed by atoms with van der Waals surface area (Å²) in [4.78, 5) is 16.3. The van der Waals surface area contributed by atoms with Crippen LogP contribution in [0.3, 0.4) is 0 Å². The molecular weight excluding hydrogens is 352 g/mol. The molecule has 0 aliphatic carbocycles. The minimum atomic E-state index is -0.587. The molecule has 0 unspecified atom stereocenters. The molecule has 0 saturated carbocycles. The molecule has 1 aromatic heterocycles. The first kappa shape index (κ1) is 18.4. The van der Waals surface area contributed by atoms with Crippen molar-refractivity contribution in [2.45, 2.75) is 19.6 Å². The number of ether oxygens (including phenoxy) is 1. The van der Waals surface area contributed by atoms with Gasteiger partial charge >= 0.3 is 0 Å². The van der Waals surface area contributed by atoms with Gasteiger partial charge in [0.05, 0.1) is 32.4 Å². The summed E-state index contributed by atoms with van der Waals surface area (Å²) in [5, 5.41) is 9.89. The molecule has 28 heavy (non-hydrogen) atoms. The highest BCUT2D eigenvalue weighted by Crippen LogP contribution is 2.22. The third-order valence-electron chi connectivity index (χ3n) is 5.25. The first-order valence-electron chi connectivity index (χ1n) is 9.74. The number of rotatable bonds is 5. The van der Waals surface area contributed by atoms with Crippen molar-refractivity contribution in [3.05, 3.63) is 66.4 Å². The SMILES string of the molecule is C[C@H](Oc1nncc2ccccc12)C(=O)N1CC[NH+](Cc2ccccc2)CC1. The molecule has 6 heteroatoms. The Kier molecular flexibility index (Phi) is 5.48. The van der Waals surface area contributed by atoms with E-state index in [2.05, 4.69) is 34.5 Å². The average Bonchev–Trinajstić information content (AvgIpc) is 2.75. The largest absolute Gasteiger partial charge is 0.463 e. The number of amides is 1. The zero-order valence-electron chi connectivity index (χ0n) is 16.0. The van der Waals surface area contributed by atoms with Crippen LogP contribution >= 0.6 is 0 Å². The van der Waals surface area contributed by atoms with Gasteiger partial charge in [0.2, 0.25) is 5.88 Å². The smallest absolute Gasteiger partial charge is 0.263 e. The molecule has 6 nitrogen and oxygen atoms in total. The summed E-state index contributed by atoms with van der Waals surface area (Å²) < 4.78 is 5.89. The van der Waals surface area contributed by atoms with Crippen LogP contribution in [0.25, 0.3) is 10.8 Å². The van der Waals surface area contributed by atoms with Crippen LogP contribution in [0.15, 0.2) is 60.8 Å². The van der Waals surface area contributed by atoms with Gasteiger partial charge in [-0.1, -0.05) is 48.5 Å². The summed E-state index contributed by atoms with van der Waals surface area (Å²) in [6, 6.07) is 18.3.